The van der Waals surface area contributed by atoms with Gasteiger partial charge in [-0.05, 0) is 63.7 Å². The third-order valence-electron chi connectivity index (χ3n) is 3.74. The molecule has 0 atom stereocenters. The molecule has 0 radical (unpaired) electrons. The third kappa shape index (κ3) is 3.87. The molecule has 2 N–H and O–H groups in total. The molecule has 2 rings (SSSR count). The molecule has 2 amide bonds. The average Bonchev–Trinajstić information content (AvgIpc) is 2.43. The molecule has 1 aliphatic rings. The highest BCUT2D eigenvalue weighted by molar-refractivity contribution is 5.90. The van der Waals surface area contributed by atoms with Crippen LogP contribution < -0.4 is 15.4 Å². The Kier molecular flexibility index (Phi) is 4.84. The third-order valence-corrected chi connectivity index (χ3v) is 3.74. The van der Waals surface area contributed by atoms with Crippen molar-refractivity contribution in [1.82, 2.24) is 10.2 Å². The predicted octanol–water partition coefficient (Wildman–Crippen LogP) is 2.22. The molecule has 20 heavy (non-hydrogen) atoms. The lowest BCUT2D eigenvalue weighted by molar-refractivity contribution is 0.221. The van der Waals surface area contributed by atoms with Gasteiger partial charge in [-0.1, -0.05) is 0 Å². The zero-order valence-electron chi connectivity index (χ0n) is 12.4. The summed E-state index contributed by atoms with van der Waals surface area (Å²) in [7, 11) is 3.74. The number of likely N-dealkylation sites (tertiary alicyclic amines) is 1. The molecule has 1 heterocycles. The van der Waals surface area contributed by atoms with E-state index in [0.717, 1.165) is 42.9 Å². The zero-order chi connectivity index (χ0) is 14.5. The molecule has 1 saturated heterocycles. The van der Waals surface area contributed by atoms with Crippen molar-refractivity contribution in [3.05, 3.63) is 23.8 Å². The summed E-state index contributed by atoms with van der Waals surface area (Å²) in [6.45, 7) is 4.02. The van der Waals surface area contributed by atoms with E-state index in [-0.39, 0.29) is 12.1 Å². The van der Waals surface area contributed by atoms with E-state index in [0.29, 0.717) is 0 Å². The Morgan fingerprint density at radius 2 is 2.05 bits per heavy atom. The van der Waals surface area contributed by atoms with E-state index in [4.69, 9.17) is 4.74 Å². The van der Waals surface area contributed by atoms with Gasteiger partial charge in [0.05, 0.1) is 7.11 Å². The monoisotopic (exact) mass is 277 g/mol. The number of hydrogen-bond acceptors (Lipinski definition) is 3. The number of nitrogens with zero attached hydrogens (tertiary/aromatic N) is 1. The molecule has 0 saturated carbocycles. The lowest BCUT2D eigenvalue weighted by atomic mass is 10.1. The van der Waals surface area contributed by atoms with Crippen LogP contribution in [0.15, 0.2) is 18.2 Å². The van der Waals surface area contributed by atoms with E-state index < -0.39 is 0 Å². The van der Waals surface area contributed by atoms with E-state index in [1.807, 2.05) is 25.1 Å². The van der Waals surface area contributed by atoms with Gasteiger partial charge in [0, 0.05) is 11.7 Å². The molecule has 1 aliphatic heterocycles. The molecule has 0 spiro atoms. The molecule has 0 aromatic heterocycles. The van der Waals surface area contributed by atoms with Gasteiger partial charge >= 0.3 is 6.03 Å². The second-order valence-electron chi connectivity index (χ2n) is 5.36. The number of hydrogen-bond donors (Lipinski definition) is 2. The maximum Gasteiger partial charge on any atom is 0.319 e. The first-order valence-electron chi connectivity index (χ1n) is 6.99. The summed E-state index contributed by atoms with van der Waals surface area (Å²) in [6, 6.07) is 5.75. The maximum absolute atomic E-state index is 12.0. The summed E-state index contributed by atoms with van der Waals surface area (Å²) in [5.41, 5.74) is 1.80. The van der Waals surface area contributed by atoms with Crippen LogP contribution in [0.4, 0.5) is 10.5 Å². The fourth-order valence-corrected chi connectivity index (χ4v) is 2.40. The number of piperidine rings is 1. The number of ether oxygens (including phenoxy) is 1. The Bertz CT molecular complexity index is 468. The van der Waals surface area contributed by atoms with Crippen LogP contribution in [0, 0.1) is 6.92 Å². The quantitative estimate of drug-likeness (QED) is 0.890. The average molecular weight is 277 g/mol. The Morgan fingerprint density at radius 1 is 1.35 bits per heavy atom. The van der Waals surface area contributed by atoms with Crippen molar-refractivity contribution in [3.8, 4) is 5.75 Å². The van der Waals surface area contributed by atoms with Gasteiger partial charge in [0.15, 0.2) is 0 Å². The Labute approximate surface area is 120 Å². The van der Waals surface area contributed by atoms with Crippen LogP contribution in [-0.2, 0) is 0 Å². The van der Waals surface area contributed by atoms with Crippen molar-refractivity contribution < 1.29 is 9.53 Å². The molecule has 0 unspecified atom stereocenters. The fraction of sp³-hybridized carbons (Fsp3) is 0.533. The maximum atomic E-state index is 12.0. The highest BCUT2D eigenvalue weighted by atomic mass is 16.5. The smallest absolute Gasteiger partial charge is 0.319 e. The van der Waals surface area contributed by atoms with Crippen LogP contribution in [0.25, 0.3) is 0 Å². The number of nitrogens with one attached hydrogen (secondary N) is 2. The van der Waals surface area contributed by atoms with Crippen LogP contribution >= 0.6 is 0 Å². The number of methoxy groups -OCH3 is 1. The van der Waals surface area contributed by atoms with Crippen LogP contribution in [0.3, 0.4) is 0 Å². The summed E-state index contributed by atoms with van der Waals surface area (Å²) in [4.78, 5) is 14.3. The summed E-state index contributed by atoms with van der Waals surface area (Å²) >= 11 is 0. The van der Waals surface area contributed by atoms with E-state index in [9.17, 15) is 4.79 Å². The molecular formula is C15H23N3O2. The Balaban J connectivity index is 1.88. The van der Waals surface area contributed by atoms with Crippen LogP contribution in [-0.4, -0.2) is 44.2 Å². The minimum Gasteiger partial charge on any atom is -0.497 e. The van der Waals surface area contributed by atoms with Gasteiger partial charge in [-0.15, -0.1) is 0 Å². The SMILES string of the molecule is COc1ccc(NC(=O)NC2CCN(C)CC2)c(C)c1. The molecular weight excluding hydrogens is 254 g/mol. The van der Waals surface area contributed by atoms with E-state index in [1.54, 1.807) is 7.11 Å². The number of carbonyl (C=O) groups excluding carboxylic acids is 1. The highest BCUT2D eigenvalue weighted by Crippen LogP contribution is 2.21. The molecule has 0 bridgehead atoms. The lowest BCUT2D eigenvalue weighted by Crippen LogP contribution is -2.44. The van der Waals surface area contributed by atoms with Crippen molar-refractivity contribution >= 4 is 11.7 Å². The van der Waals surface area contributed by atoms with Gasteiger partial charge in [0.25, 0.3) is 0 Å². The molecule has 110 valence electrons. The number of urea groups is 1. The molecule has 1 fully saturated rings. The topological polar surface area (TPSA) is 53.6 Å². The Hall–Kier alpha value is -1.75. The van der Waals surface area contributed by atoms with Crippen LogP contribution in [0.1, 0.15) is 18.4 Å². The van der Waals surface area contributed by atoms with E-state index in [1.165, 1.54) is 0 Å². The second-order valence-corrected chi connectivity index (χ2v) is 5.36. The van der Waals surface area contributed by atoms with Gasteiger partial charge in [-0.2, -0.15) is 0 Å². The van der Waals surface area contributed by atoms with Crippen molar-refractivity contribution in [2.45, 2.75) is 25.8 Å². The van der Waals surface area contributed by atoms with Gasteiger partial charge in [0.2, 0.25) is 0 Å². The standard InChI is InChI=1S/C15H23N3O2/c1-11-10-13(20-3)4-5-14(11)17-15(19)16-12-6-8-18(2)9-7-12/h4-5,10,12H,6-9H2,1-3H3,(H2,16,17,19). The summed E-state index contributed by atoms with van der Waals surface area (Å²) in [6.07, 6.45) is 2.01. The van der Waals surface area contributed by atoms with E-state index >= 15 is 0 Å². The summed E-state index contributed by atoms with van der Waals surface area (Å²) in [5.74, 6) is 0.795. The molecule has 0 aliphatic carbocycles. The Morgan fingerprint density at radius 3 is 2.65 bits per heavy atom. The first-order valence-corrected chi connectivity index (χ1v) is 6.99. The highest BCUT2D eigenvalue weighted by Gasteiger charge is 2.18. The predicted molar refractivity (Wildman–Crippen MR) is 80.4 cm³/mol. The van der Waals surface area contributed by atoms with Crippen molar-refractivity contribution in [2.24, 2.45) is 0 Å². The largest absolute Gasteiger partial charge is 0.497 e. The lowest BCUT2D eigenvalue weighted by Gasteiger charge is -2.29. The van der Waals surface area contributed by atoms with E-state index in [2.05, 4.69) is 22.6 Å². The molecule has 5 nitrogen and oxygen atoms in total. The first-order chi connectivity index (χ1) is 9.58. The molecule has 1 aromatic rings. The summed E-state index contributed by atoms with van der Waals surface area (Å²) < 4.78 is 5.15. The van der Waals surface area contributed by atoms with Gasteiger partial charge < -0.3 is 20.3 Å². The normalized spacial score (nSPS) is 16.8. The summed E-state index contributed by atoms with van der Waals surface area (Å²) in [5, 5.41) is 5.94. The van der Waals surface area contributed by atoms with Crippen molar-refractivity contribution in [3.63, 3.8) is 0 Å². The second kappa shape index (κ2) is 6.61. The number of benzene rings is 1. The van der Waals surface area contributed by atoms with Crippen LogP contribution in [0.5, 0.6) is 5.75 Å². The van der Waals surface area contributed by atoms with Crippen LogP contribution in [0.2, 0.25) is 0 Å². The number of rotatable bonds is 3. The number of aryl methyl sites for hydroxylation is 1. The zero-order valence-corrected chi connectivity index (χ0v) is 12.4. The minimum absolute atomic E-state index is 0.132. The van der Waals surface area contributed by atoms with Crippen molar-refractivity contribution in [1.29, 1.82) is 0 Å². The van der Waals surface area contributed by atoms with Crippen molar-refractivity contribution in [2.75, 3.05) is 32.6 Å². The minimum atomic E-state index is -0.132. The number of anilines is 1. The van der Waals surface area contributed by atoms with Gasteiger partial charge in [-0.3, -0.25) is 0 Å². The number of amides is 2. The molecule has 1 aromatic carbocycles. The fourth-order valence-electron chi connectivity index (χ4n) is 2.40. The number of carbonyl (C=O) groups is 1. The molecule has 5 heteroatoms. The first kappa shape index (κ1) is 14.7. The van der Waals surface area contributed by atoms with Gasteiger partial charge in [0.1, 0.15) is 5.75 Å². The van der Waals surface area contributed by atoms with Gasteiger partial charge in [-0.25, -0.2) is 4.79 Å².